The number of halogens is 2. The van der Waals surface area contributed by atoms with Gasteiger partial charge in [-0.15, -0.1) is 0 Å². The van der Waals surface area contributed by atoms with Gasteiger partial charge in [0.2, 0.25) is 5.91 Å². The highest BCUT2D eigenvalue weighted by atomic mass is 79.9. The van der Waals surface area contributed by atoms with Gasteiger partial charge in [0.05, 0.1) is 10.2 Å². The lowest BCUT2D eigenvalue weighted by atomic mass is 10.3. The molecule has 1 aromatic carbocycles. The third kappa shape index (κ3) is 3.49. The van der Waals surface area contributed by atoms with Gasteiger partial charge in [-0.05, 0) is 50.1 Å². The number of aromatic nitrogens is 1. The van der Waals surface area contributed by atoms with Gasteiger partial charge >= 0.3 is 0 Å². The van der Waals surface area contributed by atoms with E-state index in [4.69, 9.17) is 5.73 Å². The Morgan fingerprint density at radius 1 is 1.25 bits per heavy atom. The molecule has 0 radical (unpaired) electrons. The molecular weight excluding hydrogens is 390 g/mol. The average molecular weight is 401 g/mol. The summed E-state index contributed by atoms with van der Waals surface area (Å²) in [4.78, 5) is 23.8. The third-order valence-corrected chi connectivity index (χ3v) is 3.78. The van der Waals surface area contributed by atoms with E-state index in [9.17, 15) is 9.59 Å². The molecule has 5 nitrogen and oxygen atoms in total. The summed E-state index contributed by atoms with van der Waals surface area (Å²) >= 11 is 6.45. The van der Waals surface area contributed by atoms with Gasteiger partial charge in [-0.2, -0.15) is 0 Å². The third-order valence-electron chi connectivity index (χ3n) is 2.53. The molecule has 0 fully saturated rings. The maximum Gasteiger partial charge on any atom is 0.265 e. The van der Waals surface area contributed by atoms with Crippen molar-refractivity contribution in [3.05, 3.63) is 55.8 Å². The van der Waals surface area contributed by atoms with Crippen LogP contribution >= 0.6 is 31.9 Å². The van der Waals surface area contributed by atoms with Gasteiger partial charge in [-0.1, -0.05) is 12.1 Å². The lowest BCUT2D eigenvalue weighted by molar-refractivity contribution is -0.116. The molecule has 0 atom stereocenters. The second-order valence-electron chi connectivity index (χ2n) is 4.08. The Labute approximate surface area is 132 Å². The highest BCUT2D eigenvalue weighted by Crippen LogP contribution is 2.21. The molecule has 3 N–H and O–H groups in total. The Morgan fingerprint density at radius 3 is 2.65 bits per heavy atom. The maximum atomic E-state index is 12.0. The van der Waals surface area contributed by atoms with Gasteiger partial charge < -0.3 is 15.6 Å². The Morgan fingerprint density at radius 2 is 1.95 bits per heavy atom. The topological polar surface area (TPSA) is 77.1 Å². The van der Waals surface area contributed by atoms with E-state index in [-0.39, 0.29) is 18.0 Å². The number of carbonyl (C=O) groups excluding carboxylic acids is 1. The van der Waals surface area contributed by atoms with E-state index in [1.165, 1.54) is 16.8 Å². The van der Waals surface area contributed by atoms with E-state index in [0.29, 0.717) is 15.8 Å². The van der Waals surface area contributed by atoms with Crippen molar-refractivity contribution in [1.29, 1.82) is 0 Å². The molecule has 20 heavy (non-hydrogen) atoms. The predicted molar refractivity (Wildman–Crippen MR) is 85.6 cm³/mol. The second kappa shape index (κ2) is 6.23. The van der Waals surface area contributed by atoms with Crippen LogP contribution in [-0.2, 0) is 11.3 Å². The number of benzene rings is 1. The number of rotatable bonds is 3. The van der Waals surface area contributed by atoms with Crippen molar-refractivity contribution in [2.45, 2.75) is 6.54 Å². The minimum absolute atomic E-state index is 0.107. The van der Waals surface area contributed by atoms with E-state index >= 15 is 0 Å². The normalized spacial score (nSPS) is 10.3. The van der Waals surface area contributed by atoms with Gasteiger partial charge in [0, 0.05) is 16.4 Å². The summed E-state index contributed by atoms with van der Waals surface area (Å²) < 4.78 is 2.35. The maximum absolute atomic E-state index is 12.0. The van der Waals surface area contributed by atoms with Gasteiger partial charge in [-0.25, -0.2) is 0 Å². The number of carbonyl (C=O) groups is 1. The number of hydrogen-bond donors (Lipinski definition) is 2. The van der Waals surface area contributed by atoms with Gasteiger partial charge in [-0.3, -0.25) is 9.59 Å². The number of amides is 1. The molecule has 2 aromatic rings. The second-order valence-corrected chi connectivity index (χ2v) is 5.79. The zero-order valence-corrected chi connectivity index (χ0v) is 13.4. The predicted octanol–water partition coefficient (Wildman–Crippen LogP) is 2.59. The molecule has 0 saturated heterocycles. The van der Waals surface area contributed by atoms with Gasteiger partial charge in [0.1, 0.15) is 6.54 Å². The van der Waals surface area contributed by atoms with Crippen molar-refractivity contribution in [2.75, 3.05) is 11.1 Å². The fourth-order valence-electron chi connectivity index (χ4n) is 1.65. The van der Waals surface area contributed by atoms with Crippen molar-refractivity contribution in [3.8, 4) is 0 Å². The first kappa shape index (κ1) is 14.8. The van der Waals surface area contributed by atoms with Crippen LogP contribution in [0, 0.1) is 0 Å². The molecule has 0 aliphatic heterocycles. The molecule has 0 aliphatic rings. The van der Waals surface area contributed by atoms with Crippen LogP contribution in [-0.4, -0.2) is 10.5 Å². The largest absolute Gasteiger partial charge is 0.398 e. The monoisotopic (exact) mass is 399 g/mol. The molecule has 0 unspecified atom stereocenters. The van der Waals surface area contributed by atoms with Crippen molar-refractivity contribution < 1.29 is 4.79 Å². The average Bonchev–Trinajstić information content (AvgIpc) is 2.38. The number of nitrogens with zero attached hydrogens (tertiary/aromatic N) is 1. The van der Waals surface area contributed by atoms with Crippen LogP contribution in [0.2, 0.25) is 0 Å². The molecule has 0 saturated carbocycles. The van der Waals surface area contributed by atoms with E-state index in [2.05, 4.69) is 37.2 Å². The van der Waals surface area contributed by atoms with Crippen LogP contribution in [0.5, 0.6) is 0 Å². The summed E-state index contributed by atoms with van der Waals surface area (Å²) in [6.45, 7) is -0.107. The number of hydrogen-bond acceptors (Lipinski definition) is 3. The van der Waals surface area contributed by atoms with E-state index < -0.39 is 0 Å². The Bertz CT molecular complexity index is 713. The summed E-state index contributed by atoms with van der Waals surface area (Å²) in [5, 5.41) is 2.72. The van der Waals surface area contributed by atoms with E-state index in [1.807, 2.05) is 18.2 Å². The van der Waals surface area contributed by atoms with Crippen molar-refractivity contribution in [3.63, 3.8) is 0 Å². The van der Waals surface area contributed by atoms with Crippen LogP contribution in [0.25, 0.3) is 0 Å². The summed E-state index contributed by atoms with van der Waals surface area (Å²) in [6.07, 6.45) is 1.44. The lowest BCUT2D eigenvalue weighted by Gasteiger charge is -2.09. The molecule has 1 heterocycles. The molecule has 1 aromatic heterocycles. The molecule has 7 heteroatoms. The summed E-state index contributed by atoms with van der Waals surface area (Å²) in [5.74, 6) is -0.309. The number of para-hydroxylation sites is 1. The molecule has 0 spiro atoms. The van der Waals surface area contributed by atoms with Crippen LogP contribution in [0.1, 0.15) is 0 Å². The first-order valence-electron chi connectivity index (χ1n) is 5.67. The van der Waals surface area contributed by atoms with Crippen LogP contribution < -0.4 is 16.6 Å². The van der Waals surface area contributed by atoms with E-state index in [1.54, 1.807) is 6.07 Å². The molecule has 0 bridgehead atoms. The molecular formula is C13H11Br2N3O2. The first-order valence-corrected chi connectivity index (χ1v) is 7.26. The summed E-state index contributed by atoms with van der Waals surface area (Å²) in [7, 11) is 0. The fourth-order valence-corrected chi connectivity index (χ4v) is 2.52. The van der Waals surface area contributed by atoms with Crippen LogP contribution in [0.3, 0.4) is 0 Å². The van der Waals surface area contributed by atoms with Gasteiger partial charge in [0.25, 0.3) is 5.56 Å². The van der Waals surface area contributed by atoms with Gasteiger partial charge in [0.15, 0.2) is 0 Å². The number of nitrogens with one attached hydrogen (secondary N) is 1. The summed E-state index contributed by atoms with van der Waals surface area (Å²) in [5.41, 5.74) is 6.40. The minimum Gasteiger partial charge on any atom is -0.398 e. The lowest BCUT2D eigenvalue weighted by Crippen LogP contribution is -2.28. The molecule has 0 aliphatic carbocycles. The Balaban J connectivity index is 2.17. The quantitative estimate of drug-likeness (QED) is 0.831. The number of pyridine rings is 1. The van der Waals surface area contributed by atoms with Crippen LogP contribution in [0.4, 0.5) is 11.4 Å². The summed E-state index contributed by atoms with van der Waals surface area (Å²) in [6, 6.07) is 8.74. The number of nitrogen functional groups attached to an aromatic ring is 1. The van der Waals surface area contributed by atoms with Crippen molar-refractivity contribution >= 4 is 49.1 Å². The number of nitrogens with two attached hydrogens (primary N) is 1. The molecule has 104 valence electrons. The highest BCUT2D eigenvalue weighted by Gasteiger charge is 2.09. The Kier molecular flexibility index (Phi) is 4.61. The Hall–Kier alpha value is -1.60. The van der Waals surface area contributed by atoms with E-state index in [0.717, 1.165) is 4.47 Å². The minimum atomic E-state index is -0.309. The van der Waals surface area contributed by atoms with Crippen LogP contribution in [0.15, 0.2) is 50.3 Å². The SMILES string of the molecule is Nc1cc(Br)c(=O)n(CC(=O)Nc2ccccc2Br)c1. The first-order chi connectivity index (χ1) is 9.47. The number of anilines is 2. The zero-order valence-electron chi connectivity index (χ0n) is 10.3. The fraction of sp³-hybridized carbons (Fsp3) is 0.0769. The van der Waals surface area contributed by atoms with Crippen molar-refractivity contribution in [2.24, 2.45) is 0 Å². The smallest absolute Gasteiger partial charge is 0.265 e. The standard InChI is InChI=1S/C13H11Br2N3O2/c14-9-3-1-2-4-11(9)17-12(19)7-18-6-8(16)5-10(15)13(18)20/h1-6H,7,16H2,(H,17,19). The molecule has 1 amide bonds. The molecule has 2 rings (SSSR count). The zero-order chi connectivity index (χ0) is 14.7. The van der Waals surface area contributed by atoms with Crippen molar-refractivity contribution in [1.82, 2.24) is 4.57 Å². The highest BCUT2D eigenvalue weighted by molar-refractivity contribution is 9.10.